The van der Waals surface area contributed by atoms with Crippen molar-refractivity contribution in [2.75, 3.05) is 0 Å². The van der Waals surface area contributed by atoms with Gasteiger partial charge in [0.05, 0.1) is 22.2 Å². The summed E-state index contributed by atoms with van der Waals surface area (Å²) in [7, 11) is -0.459. The van der Waals surface area contributed by atoms with Crippen molar-refractivity contribution >= 4 is 55.9 Å². The van der Waals surface area contributed by atoms with E-state index in [9.17, 15) is 0 Å². The minimum absolute atomic E-state index is 0.422. The van der Waals surface area contributed by atoms with E-state index in [1.54, 1.807) is 0 Å². The van der Waals surface area contributed by atoms with Crippen molar-refractivity contribution in [1.29, 1.82) is 0 Å². The molecule has 0 aliphatic carbocycles. The van der Waals surface area contributed by atoms with Crippen LogP contribution in [0.1, 0.15) is 27.7 Å². The predicted octanol–water partition coefficient (Wildman–Crippen LogP) is 9.06. The molecule has 0 bridgehead atoms. The van der Waals surface area contributed by atoms with Crippen molar-refractivity contribution < 1.29 is 9.31 Å². The molecule has 8 rings (SSSR count). The summed E-state index contributed by atoms with van der Waals surface area (Å²) in [6, 6.07) is 43.8. The van der Waals surface area contributed by atoms with Crippen LogP contribution < -0.4 is 5.46 Å². The van der Waals surface area contributed by atoms with Gasteiger partial charge < -0.3 is 13.9 Å². The number of para-hydroxylation sites is 1. The molecule has 2 heterocycles. The van der Waals surface area contributed by atoms with Crippen LogP contribution in [0.2, 0.25) is 0 Å². The Morgan fingerprint density at radius 3 is 1.90 bits per heavy atom. The zero-order valence-electron chi connectivity index (χ0n) is 24.4. The van der Waals surface area contributed by atoms with E-state index in [1.807, 2.05) is 0 Å². The Bertz CT molecular complexity index is 2140. The molecule has 1 fully saturated rings. The molecule has 6 aromatic carbocycles. The monoisotopic (exact) mass is 545 g/mol. The molecule has 42 heavy (non-hydrogen) atoms. The summed E-state index contributed by atoms with van der Waals surface area (Å²) in [5, 5.41) is 7.34. The van der Waals surface area contributed by atoms with Gasteiger partial charge in [0.2, 0.25) is 0 Å². The molecule has 1 saturated heterocycles. The lowest BCUT2D eigenvalue weighted by atomic mass is 9.75. The highest BCUT2D eigenvalue weighted by molar-refractivity contribution is 6.66. The molecule has 0 amide bonds. The standard InChI is InChI=1S/C38H32BNO2/c1-37(2)38(3,4)42-39(41-37)33-24-35-36(31-17-11-10-16-30(31)33)32-21-20-28(23-34(32)40(35)29-14-6-5-7-15-29)27-19-18-25-12-8-9-13-26(25)22-27/h5-24H,1-4H3. The molecule has 0 radical (unpaired) electrons. The number of benzene rings is 6. The Hall–Kier alpha value is -4.38. The smallest absolute Gasteiger partial charge is 0.399 e. The van der Waals surface area contributed by atoms with E-state index in [4.69, 9.17) is 9.31 Å². The van der Waals surface area contributed by atoms with Crippen LogP contribution >= 0.6 is 0 Å². The Morgan fingerprint density at radius 1 is 0.524 bits per heavy atom. The third-order valence-electron chi connectivity index (χ3n) is 9.41. The van der Waals surface area contributed by atoms with Crippen molar-refractivity contribution in [3.05, 3.63) is 121 Å². The minimum atomic E-state index is -0.459. The highest BCUT2D eigenvalue weighted by Gasteiger charge is 2.52. The Labute approximate surface area is 246 Å². The van der Waals surface area contributed by atoms with E-state index in [0.717, 1.165) is 22.1 Å². The molecule has 0 unspecified atom stereocenters. The quantitative estimate of drug-likeness (QED) is 0.207. The summed E-state index contributed by atoms with van der Waals surface area (Å²) in [5.74, 6) is 0. The molecule has 0 spiro atoms. The van der Waals surface area contributed by atoms with Crippen LogP contribution in [-0.2, 0) is 9.31 Å². The van der Waals surface area contributed by atoms with Crippen LogP contribution in [0, 0.1) is 0 Å². The third-order valence-corrected chi connectivity index (χ3v) is 9.41. The third kappa shape index (κ3) is 3.76. The van der Waals surface area contributed by atoms with Gasteiger partial charge >= 0.3 is 7.12 Å². The second kappa shape index (κ2) is 9.06. The van der Waals surface area contributed by atoms with Crippen LogP contribution in [0.25, 0.3) is 60.2 Å². The molecule has 1 aliphatic heterocycles. The highest BCUT2D eigenvalue weighted by Crippen LogP contribution is 2.41. The van der Waals surface area contributed by atoms with Crippen molar-refractivity contribution in [3.63, 3.8) is 0 Å². The molecule has 0 atom stereocenters. The van der Waals surface area contributed by atoms with Crippen LogP contribution in [0.5, 0.6) is 0 Å². The molecule has 4 heteroatoms. The van der Waals surface area contributed by atoms with Gasteiger partial charge in [0, 0.05) is 16.5 Å². The van der Waals surface area contributed by atoms with Gasteiger partial charge in [-0.2, -0.15) is 0 Å². The molecule has 7 aromatic rings. The molecule has 0 N–H and O–H groups in total. The Kier molecular flexibility index (Phi) is 5.47. The van der Waals surface area contributed by atoms with E-state index in [1.165, 1.54) is 43.6 Å². The van der Waals surface area contributed by atoms with Crippen molar-refractivity contribution in [3.8, 4) is 16.8 Å². The summed E-state index contributed by atoms with van der Waals surface area (Å²) in [5.41, 5.74) is 6.08. The van der Waals surface area contributed by atoms with Crippen LogP contribution in [0.4, 0.5) is 0 Å². The Morgan fingerprint density at radius 2 is 1.14 bits per heavy atom. The lowest BCUT2D eigenvalue weighted by molar-refractivity contribution is 0.00578. The zero-order chi connectivity index (χ0) is 28.6. The van der Waals surface area contributed by atoms with Gasteiger partial charge in [-0.25, -0.2) is 0 Å². The molecule has 1 aromatic heterocycles. The van der Waals surface area contributed by atoms with Crippen LogP contribution in [0.3, 0.4) is 0 Å². The zero-order valence-corrected chi connectivity index (χ0v) is 24.4. The summed E-state index contributed by atoms with van der Waals surface area (Å²) in [6.07, 6.45) is 0. The first-order valence-electron chi connectivity index (χ1n) is 14.7. The van der Waals surface area contributed by atoms with Crippen molar-refractivity contribution in [1.82, 2.24) is 4.57 Å². The molecular formula is C38H32BNO2. The van der Waals surface area contributed by atoms with Crippen molar-refractivity contribution in [2.45, 2.75) is 38.9 Å². The molecule has 3 nitrogen and oxygen atoms in total. The second-order valence-electron chi connectivity index (χ2n) is 12.5. The van der Waals surface area contributed by atoms with Crippen LogP contribution in [-0.4, -0.2) is 22.9 Å². The number of rotatable bonds is 3. The summed E-state index contributed by atoms with van der Waals surface area (Å²) >= 11 is 0. The van der Waals surface area contributed by atoms with E-state index in [0.29, 0.717) is 0 Å². The van der Waals surface area contributed by atoms with Crippen molar-refractivity contribution in [2.24, 2.45) is 0 Å². The highest BCUT2D eigenvalue weighted by atomic mass is 16.7. The first-order chi connectivity index (χ1) is 20.3. The normalized spacial score (nSPS) is 16.2. The summed E-state index contributed by atoms with van der Waals surface area (Å²) in [6.45, 7) is 8.46. The first kappa shape index (κ1) is 25.3. The maximum Gasteiger partial charge on any atom is 0.495 e. The van der Waals surface area contributed by atoms with Crippen LogP contribution in [0.15, 0.2) is 121 Å². The average molecular weight is 545 g/mol. The molecule has 204 valence electrons. The fourth-order valence-electron chi connectivity index (χ4n) is 6.47. The number of nitrogens with zero attached hydrogens (tertiary/aromatic N) is 1. The molecule has 0 saturated carbocycles. The topological polar surface area (TPSA) is 23.4 Å². The lowest BCUT2D eigenvalue weighted by Crippen LogP contribution is -2.41. The summed E-state index contributed by atoms with van der Waals surface area (Å²) in [4.78, 5) is 0. The van der Waals surface area contributed by atoms with Gasteiger partial charge in [0.1, 0.15) is 0 Å². The largest absolute Gasteiger partial charge is 0.495 e. The fraction of sp³-hybridized carbons (Fsp3) is 0.158. The fourth-order valence-corrected chi connectivity index (χ4v) is 6.47. The first-order valence-corrected chi connectivity index (χ1v) is 14.7. The van der Waals surface area contributed by atoms with Gasteiger partial charge in [-0.3, -0.25) is 0 Å². The minimum Gasteiger partial charge on any atom is -0.399 e. The van der Waals surface area contributed by atoms with Gasteiger partial charge in [0.25, 0.3) is 0 Å². The number of hydrogen-bond donors (Lipinski definition) is 0. The number of fused-ring (bicyclic) bond motifs is 6. The van der Waals surface area contributed by atoms with Gasteiger partial charge in [-0.05, 0) is 96.2 Å². The summed E-state index contributed by atoms with van der Waals surface area (Å²) < 4.78 is 15.6. The molecule has 1 aliphatic rings. The SMILES string of the molecule is CC1(C)OB(c2cc3c(c4ccccc24)c2ccc(-c4ccc5ccccc5c4)cc2n3-c2ccccc2)OC1(C)C. The van der Waals surface area contributed by atoms with E-state index in [-0.39, 0.29) is 0 Å². The van der Waals surface area contributed by atoms with Gasteiger partial charge in [-0.1, -0.05) is 91.0 Å². The van der Waals surface area contributed by atoms with E-state index < -0.39 is 18.3 Å². The number of hydrogen-bond acceptors (Lipinski definition) is 2. The second-order valence-corrected chi connectivity index (χ2v) is 12.5. The average Bonchev–Trinajstić information content (AvgIpc) is 3.45. The van der Waals surface area contributed by atoms with Gasteiger partial charge in [0.15, 0.2) is 0 Å². The van der Waals surface area contributed by atoms with Gasteiger partial charge in [-0.15, -0.1) is 0 Å². The maximum atomic E-state index is 6.61. The molecular weight excluding hydrogens is 513 g/mol. The number of aromatic nitrogens is 1. The Balaban J connectivity index is 1.44. The maximum absolute atomic E-state index is 6.61. The van der Waals surface area contributed by atoms with E-state index >= 15 is 0 Å². The van der Waals surface area contributed by atoms with E-state index in [2.05, 4.69) is 154 Å². The lowest BCUT2D eigenvalue weighted by Gasteiger charge is -2.32. The predicted molar refractivity (Wildman–Crippen MR) is 177 cm³/mol.